The van der Waals surface area contributed by atoms with Gasteiger partial charge < -0.3 is 5.32 Å². The Morgan fingerprint density at radius 2 is 2.00 bits per heavy atom. The molecule has 0 aromatic heterocycles. The zero-order valence-electron chi connectivity index (χ0n) is 8.78. The molecule has 0 radical (unpaired) electrons. The van der Waals surface area contributed by atoms with Gasteiger partial charge in [-0.05, 0) is 37.6 Å². The molecule has 1 unspecified atom stereocenters. The second-order valence-corrected chi connectivity index (χ2v) is 4.28. The van der Waals surface area contributed by atoms with Crippen LogP contribution >= 0.6 is 23.2 Å². The average molecular weight is 250 g/mol. The Bertz CT molecular complexity index is 342. The lowest BCUT2D eigenvalue weighted by molar-refractivity contribution is 0.562. The summed E-state index contributed by atoms with van der Waals surface area (Å²) in [7, 11) is 0. The predicted molar refractivity (Wildman–Crippen MR) is 63.1 cm³/mol. The summed E-state index contributed by atoms with van der Waals surface area (Å²) in [6.45, 7) is 4.90. The van der Waals surface area contributed by atoms with Crippen LogP contribution in [0.2, 0.25) is 10.0 Å². The van der Waals surface area contributed by atoms with Crippen LogP contribution in [0.25, 0.3) is 0 Å². The second-order valence-electron chi connectivity index (χ2n) is 3.46. The van der Waals surface area contributed by atoms with Gasteiger partial charge in [0.15, 0.2) is 0 Å². The molecule has 0 saturated heterocycles. The van der Waals surface area contributed by atoms with Crippen LogP contribution in [0.4, 0.5) is 4.39 Å². The molecule has 1 rings (SSSR count). The first-order chi connectivity index (χ1) is 7.06. The Morgan fingerprint density at radius 1 is 1.33 bits per heavy atom. The molecular weight excluding hydrogens is 236 g/mol. The van der Waals surface area contributed by atoms with E-state index < -0.39 is 5.82 Å². The zero-order valence-corrected chi connectivity index (χ0v) is 10.3. The fraction of sp³-hybridized carbons (Fsp3) is 0.455. The van der Waals surface area contributed by atoms with E-state index in [4.69, 9.17) is 23.2 Å². The van der Waals surface area contributed by atoms with Gasteiger partial charge in [0.25, 0.3) is 0 Å². The highest BCUT2D eigenvalue weighted by Gasteiger charge is 2.12. The number of rotatable bonds is 4. The summed E-state index contributed by atoms with van der Waals surface area (Å²) in [4.78, 5) is 0. The standard InChI is InChI=1S/C11H14Cl2FN/c1-3-4-15-7(2)8-5-11(14)10(13)6-9(8)12/h5-7,15H,3-4H2,1-2H3. The highest BCUT2D eigenvalue weighted by atomic mass is 35.5. The van der Waals surface area contributed by atoms with Crippen LogP contribution in [-0.4, -0.2) is 6.54 Å². The Hall–Kier alpha value is -0.310. The van der Waals surface area contributed by atoms with E-state index in [0.717, 1.165) is 18.5 Å². The van der Waals surface area contributed by atoms with Crippen molar-refractivity contribution in [3.63, 3.8) is 0 Å². The second kappa shape index (κ2) is 5.69. The number of hydrogen-bond acceptors (Lipinski definition) is 1. The molecule has 4 heteroatoms. The third kappa shape index (κ3) is 3.33. The highest BCUT2D eigenvalue weighted by molar-refractivity contribution is 6.35. The molecule has 0 fully saturated rings. The number of halogens is 3. The molecule has 1 aromatic rings. The third-order valence-electron chi connectivity index (χ3n) is 2.21. The van der Waals surface area contributed by atoms with Gasteiger partial charge in [-0.1, -0.05) is 30.1 Å². The van der Waals surface area contributed by atoms with Crippen molar-refractivity contribution in [1.29, 1.82) is 0 Å². The van der Waals surface area contributed by atoms with Crippen molar-refractivity contribution in [1.82, 2.24) is 5.32 Å². The Kier molecular flexibility index (Phi) is 4.84. The van der Waals surface area contributed by atoms with Gasteiger partial charge in [0, 0.05) is 11.1 Å². The van der Waals surface area contributed by atoms with Crippen LogP contribution in [0.3, 0.4) is 0 Å². The topological polar surface area (TPSA) is 12.0 Å². The van der Waals surface area contributed by atoms with Crippen LogP contribution in [0.15, 0.2) is 12.1 Å². The van der Waals surface area contributed by atoms with Crippen molar-refractivity contribution in [2.24, 2.45) is 0 Å². The molecule has 0 aliphatic rings. The summed E-state index contributed by atoms with van der Waals surface area (Å²) < 4.78 is 13.2. The maximum absolute atomic E-state index is 13.2. The third-order valence-corrected chi connectivity index (χ3v) is 2.82. The van der Waals surface area contributed by atoms with Crippen LogP contribution in [-0.2, 0) is 0 Å². The minimum atomic E-state index is -0.429. The smallest absolute Gasteiger partial charge is 0.142 e. The maximum atomic E-state index is 13.2. The predicted octanol–water partition coefficient (Wildman–Crippen LogP) is 4.19. The molecule has 0 bridgehead atoms. The first-order valence-electron chi connectivity index (χ1n) is 4.94. The summed E-state index contributed by atoms with van der Waals surface area (Å²) in [5, 5.41) is 3.80. The van der Waals surface area contributed by atoms with Gasteiger partial charge >= 0.3 is 0 Å². The van der Waals surface area contributed by atoms with E-state index >= 15 is 0 Å². The normalized spacial score (nSPS) is 12.9. The molecule has 15 heavy (non-hydrogen) atoms. The molecule has 0 aliphatic carbocycles. The highest BCUT2D eigenvalue weighted by Crippen LogP contribution is 2.28. The molecule has 0 saturated carbocycles. The van der Waals surface area contributed by atoms with E-state index in [2.05, 4.69) is 12.2 Å². The zero-order chi connectivity index (χ0) is 11.4. The van der Waals surface area contributed by atoms with Crippen molar-refractivity contribution in [2.45, 2.75) is 26.3 Å². The molecule has 0 heterocycles. The summed E-state index contributed by atoms with van der Waals surface area (Å²) in [5.74, 6) is -0.429. The molecule has 1 atom stereocenters. The van der Waals surface area contributed by atoms with Gasteiger partial charge in [-0.25, -0.2) is 4.39 Å². The summed E-state index contributed by atoms with van der Waals surface area (Å²) in [5.41, 5.74) is 0.743. The minimum absolute atomic E-state index is 0.0317. The van der Waals surface area contributed by atoms with E-state index in [1.165, 1.54) is 12.1 Å². The molecular formula is C11H14Cl2FN. The molecule has 84 valence electrons. The van der Waals surface area contributed by atoms with Crippen LogP contribution < -0.4 is 5.32 Å². The molecule has 0 spiro atoms. The van der Waals surface area contributed by atoms with Crippen molar-refractivity contribution < 1.29 is 4.39 Å². The Morgan fingerprint density at radius 3 is 2.60 bits per heavy atom. The maximum Gasteiger partial charge on any atom is 0.142 e. The molecule has 1 N–H and O–H groups in total. The Balaban J connectivity index is 2.88. The molecule has 1 nitrogen and oxygen atoms in total. The van der Waals surface area contributed by atoms with E-state index in [1.54, 1.807) is 0 Å². The SMILES string of the molecule is CCCNC(C)c1cc(F)c(Cl)cc1Cl. The summed E-state index contributed by atoms with van der Waals surface area (Å²) >= 11 is 11.6. The van der Waals surface area contributed by atoms with Crippen LogP contribution in [0.1, 0.15) is 31.9 Å². The van der Waals surface area contributed by atoms with Crippen molar-refractivity contribution >= 4 is 23.2 Å². The molecule has 1 aromatic carbocycles. The fourth-order valence-electron chi connectivity index (χ4n) is 1.34. The summed E-state index contributed by atoms with van der Waals surface area (Å²) in [6, 6.07) is 2.86. The number of hydrogen-bond donors (Lipinski definition) is 1. The van der Waals surface area contributed by atoms with Gasteiger partial charge in [0.1, 0.15) is 5.82 Å². The fourth-order valence-corrected chi connectivity index (χ4v) is 1.89. The first kappa shape index (κ1) is 12.8. The van der Waals surface area contributed by atoms with Gasteiger partial charge in [0.2, 0.25) is 0 Å². The number of nitrogens with one attached hydrogen (secondary N) is 1. The monoisotopic (exact) mass is 249 g/mol. The van der Waals surface area contributed by atoms with E-state index in [0.29, 0.717) is 5.02 Å². The lowest BCUT2D eigenvalue weighted by atomic mass is 10.1. The molecule has 0 aliphatic heterocycles. The van der Waals surface area contributed by atoms with Gasteiger partial charge in [-0.3, -0.25) is 0 Å². The van der Waals surface area contributed by atoms with Gasteiger partial charge in [-0.2, -0.15) is 0 Å². The Labute approximate surface area is 99.6 Å². The van der Waals surface area contributed by atoms with Crippen molar-refractivity contribution in [2.75, 3.05) is 6.54 Å². The lowest BCUT2D eigenvalue weighted by Crippen LogP contribution is -2.19. The number of benzene rings is 1. The van der Waals surface area contributed by atoms with Crippen molar-refractivity contribution in [3.8, 4) is 0 Å². The minimum Gasteiger partial charge on any atom is -0.310 e. The van der Waals surface area contributed by atoms with Gasteiger partial charge in [-0.15, -0.1) is 0 Å². The van der Waals surface area contributed by atoms with Gasteiger partial charge in [0.05, 0.1) is 5.02 Å². The van der Waals surface area contributed by atoms with E-state index in [9.17, 15) is 4.39 Å². The largest absolute Gasteiger partial charge is 0.310 e. The lowest BCUT2D eigenvalue weighted by Gasteiger charge is -2.15. The van der Waals surface area contributed by atoms with E-state index in [1.807, 2.05) is 6.92 Å². The average Bonchev–Trinajstić information content (AvgIpc) is 2.20. The summed E-state index contributed by atoms with van der Waals surface area (Å²) in [6.07, 6.45) is 1.03. The quantitative estimate of drug-likeness (QED) is 0.790. The van der Waals surface area contributed by atoms with Crippen LogP contribution in [0, 0.1) is 5.82 Å². The molecule has 0 amide bonds. The van der Waals surface area contributed by atoms with E-state index in [-0.39, 0.29) is 11.1 Å². The van der Waals surface area contributed by atoms with Crippen molar-refractivity contribution in [3.05, 3.63) is 33.6 Å². The van der Waals surface area contributed by atoms with Crippen LogP contribution in [0.5, 0.6) is 0 Å². The first-order valence-corrected chi connectivity index (χ1v) is 5.69.